The fourth-order valence-corrected chi connectivity index (χ4v) is 5.36. The Balaban J connectivity index is 2.31. The average Bonchev–Trinajstić information content (AvgIpc) is 2.92. The second-order valence-corrected chi connectivity index (χ2v) is 8.16. The SMILES string of the molecule is Cc1cc(C)c(S(=O)(=O)N2CCCC2C(=O)NCC(F)(F)F)c(C)c1. The molecule has 0 bridgehead atoms. The molecule has 0 aromatic heterocycles. The van der Waals surface area contributed by atoms with Gasteiger partial charge in [-0.2, -0.15) is 17.5 Å². The Morgan fingerprint density at radius 2 is 1.80 bits per heavy atom. The molecule has 1 fully saturated rings. The van der Waals surface area contributed by atoms with E-state index in [0.717, 1.165) is 9.87 Å². The van der Waals surface area contributed by atoms with Crippen LogP contribution in [0.3, 0.4) is 0 Å². The summed E-state index contributed by atoms with van der Waals surface area (Å²) >= 11 is 0. The molecule has 1 saturated heterocycles. The highest BCUT2D eigenvalue weighted by Crippen LogP contribution is 2.30. The molecule has 1 aliphatic heterocycles. The number of hydrogen-bond acceptors (Lipinski definition) is 3. The van der Waals surface area contributed by atoms with Gasteiger partial charge in [0.1, 0.15) is 12.6 Å². The van der Waals surface area contributed by atoms with Gasteiger partial charge in [-0.25, -0.2) is 8.42 Å². The van der Waals surface area contributed by atoms with Crippen molar-refractivity contribution >= 4 is 15.9 Å². The van der Waals surface area contributed by atoms with E-state index in [-0.39, 0.29) is 17.9 Å². The number of hydrogen-bond donors (Lipinski definition) is 1. The summed E-state index contributed by atoms with van der Waals surface area (Å²) in [6.45, 7) is 3.82. The number of amides is 1. The fraction of sp³-hybridized carbons (Fsp3) is 0.562. The van der Waals surface area contributed by atoms with Crippen LogP contribution in [0.4, 0.5) is 13.2 Å². The predicted octanol–water partition coefficient (Wildman–Crippen LogP) is 2.44. The van der Waals surface area contributed by atoms with E-state index in [1.54, 1.807) is 31.3 Å². The number of aryl methyl sites for hydroxylation is 3. The van der Waals surface area contributed by atoms with E-state index in [1.165, 1.54) is 0 Å². The maximum Gasteiger partial charge on any atom is 0.405 e. The molecule has 1 atom stereocenters. The van der Waals surface area contributed by atoms with Crippen LogP contribution in [0.15, 0.2) is 17.0 Å². The van der Waals surface area contributed by atoms with Crippen molar-refractivity contribution in [2.45, 2.75) is 50.7 Å². The first-order valence-corrected chi connectivity index (χ1v) is 9.31. The Hall–Kier alpha value is -1.61. The Morgan fingerprint density at radius 3 is 2.32 bits per heavy atom. The topological polar surface area (TPSA) is 66.5 Å². The molecule has 1 unspecified atom stereocenters. The lowest BCUT2D eigenvalue weighted by molar-refractivity contribution is -0.140. The van der Waals surface area contributed by atoms with Crippen LogP contribution in [0.1, 0.15) is 29.5 Å². The quantitative estimate of drug-likeness (QED) is 0.875. The van der Waals surface area contributed by atoms with Crippen molar-refractivity contribution in [2.24, 2.45) is 0 Å². The van der Waals surface area contributed by atoms with Crippen LogP contribution >= 0.6 is 0 Å². The summed E-state index contributed by atoms with van der Waals surface area (Å²) in [5.74, 6) is -0.916. The van der Waals surface area contributed by atoms with Gasteiger partial charge in [-0.05, 0) is 44.7 Å². The number of alkyl halides is 3. The number of carbonyl (C=O) groups excluding carboxylic acids is 1. The molecule has 1 aromatic rings. The fourth-order valence-electron chi connectivity index (χ4n) is 3.29. The lowest BCUT2D eigenvalue weighted by Crippen LogP contribution is -2.48. The Kier molecular flexibility index (Phi) is 5.48. The molecule has 0 spiro atoms. The van der Waals surface area contributed by atoms with Gasteiger partial charge >= 0.3 is 6.18 Å². The highest BCUT2D eigenvalue weighted by molar-refractivity contribution is 7.89. The van der Waals surface area contributed by atoms with E-state index in [4.69, 9.17) is 0 Å². The van der Waals surface area contributed by atoms with Crippen molar-refractivity contribution in [3.8, 4) is 0 Å². The number of rotatable bonds is 4. The summed E-state index contributed by atoms with van der Waals surface area (Å²) in [7, 11) is -3.97. The molecule has 140 valence electrons. The smallest absolute Gasteiger partial charge is 0.346 e. The third kappa shape index (κ3) is 4.33. The average molecular weight is 378 g/mol. The zero-order valence-electron chi connectivity index (χ0n) is 14.3. The summed E-state index contributed by atoms with van der Waals surface area (Å²) in [6.07, 6.45) is -3.91. The van der Waals surface area contributed by atoms with Crippen molar-refractivity contribution in [3.63, 3.8) is 0 Å². The number of nitrogens with one attached hydrogen (secondary N) is 1. The van der Waals surface area contributed by atoms with Crippen LogP contribution in [0, 0.1) is 20.8 Å². The van der Waals surface area contributed by atoms with Crippen LogP contribution < -0.4 is 5.32 Å². The molecule has 25 heavy (non-hydrogen) atoms. The maximum absolute atomic E-state index is 13.0. The summed E-state index contributed by atoms with van der Waals surface area (Å²) in [6, 6.07) is 2.34. The van der Waals surface area contributed by atoms with E-state index in [0.29, 0.717) is 17.5 Å². The Morgan fingerprint density at radius 1 is 1.24 bits per heavy atom. The van der Waals surface area contributed by atoms with Gasteiger partial charge in [0.25, 0.3) is 0 Å². The van der Waals surface area contributed by atoms with Crippen LogP contribution in [-0.4, -0.2) is 43.9 Å². The van der Waals surface area contributed by atoms with Gasteiger partial charge in [-0.15, -0.1) is 0 Å². The third-order valence-electron chi connectivity index (χ3n) is 4.14. The summed E-state index contributed by atoms with van der Waals surface area (Å²) in [5, 5.41) is 1.79. The van der Waals surface area contributed by atoms with E-state index in [9.17, 15) is 26.4 Å². The van der Waals surface area contributed by atoms with Gasteiger partial charge in [0, 0.05) is 6.54 Å². The number of carbonyl (C=O) groups is 1. The largest absolute Gasteiger partial charge is 0.405 e. The van der Waals surface area contributed by atoms with Gasteiger partial charge in [0.05, 0.1) is 4.90 Å². The molecule has 9 heteroatoms. The monoisotopic (exact) mass is 378 g/mol. The molecule has 5 nitrogen and oxygen atoms in total. The minimum atomic E-state index is -4.54. The normalized spacial score (nSPS) is 19.2. The predicted molar refractivity (Wildman–Crippen MR) is 86.6 cm³/mol. The molecule has 0 radical (unpaired) electrons. The van der Waals surface area contributed by atoms with Crippen LogP contribution in [0.25, 0.3) is 0 Å². The van der Waals surface area contributed by atoms with Crippen LogP contribution in [0.2, 0.25) is 0 Å². The van der Waals surface area contributed by atoms with Gasteiger partial charge in [0.15, 0.2) is 0 Å². The van der Waals surface area contributed by atoms with Crippen molar-refractivity contribution < 1.29 is 26.4 Å². The summed E-state index contributed by atoms with van der Waals surface area (Å²) < 4.78 is 64.0. The van der Waals surface area contributed by atoms with Gasteiger partial charge in [-0.3, -0.25) is 4.79 Å². The highest BCUT2D eigenvalue weighted by Gasteiger charge is 2.41. The van der Waals surface area contributed by atoms with E-state index in [1.807, 2.05) is 6.92 Å². The minimum Gasteiger partial charge on any atom is -0.346 e. The molecule has 0 aliphatic carbocycles. The second kappa shape index (κ2) is 6.95. The van der Waals surface area contributed by atoms with E-state index < -0.39 is 34.7 Å². The second-order valence-electron chi connectivity index (χ2n) is 6.33. The Labute approximate surface area is 145 Å². The lowest BCUT2D eigenvalue weighted by atomic mass is 10.1. The molecule has 1 aromatic carbocycles. The standard InChI is InChI=1S/C16H21F3N2O3S/c1-10-7-11(2)14(12(3)8-10)25(23,24)21-6-4-5-13(21)15(22)20-9-16(17,18)19/h7-8,13H,4-6,9H2,1-3H3,(H,20,22). The number of sulfonamides is 1. The molecule has 0 saturated carbocycles. The van der Waals surface area contributed by atoms with Crippen molar-refractivity contribution in [2.75, 3.05) is 13.1 Å². The zero-order chi connectivity index (χ0) is 19.0. The molecule has 1 aliphatic rings. The summed E-state index contributed by atoms with van der Waals surface area (Å²) in [4.78, 5) is 12.2. The summed E-state index contributed by atoms with van der Waals surface area (Å²) in [5.41, 5.74) is 2.02. The van der Waals surface area contributed by atoms with Gasteiger partial charge in [0.2, 0.25) is 15.9 Å². The van der Waals surface area contributed by atoms with E-state index in [2.05, 4.69) is 0 Å². The molecule has 1 heterocycles. The first kappa shape index (κ1) is 19.7. The lowest BCUT2D eigenvalue weighted by Gasteiger charge is -2.25. The zero-order valence-corrected chi connectivity index (χ0v) is 15.1. The first-order chi connectivity index (χ1) is 11.4. The number of nitrogens with zero attached hydrogens (tertiary/aromatic N) is 1. The number of halogens is 3. The van der Waals surface area contributed by atoms with Gasteiger partial charge < -0.3 is 5.32 Å². The minimum absolute atomic E-state index is 0.110. The Bertz CT molecular complexity index is 752. The van der Waals surface area contributed by atoms with Crippen LogP contribution in [-0.2, 0) is 14.8 Å². The van der Waals surface area contributed by atoms with Crippen molar-refractivity contribution in [1.82, 2.24) is 9.62 Å². The van der Waals surface area contributed by atoms with E-state index >= 15 is 0 Å². The molecule has 2 rings (SSSR count). The molecular formula is C16H21F3N2O3S. The molecular weight excluding hydrogens is 357 g/mol. The maximum atomic E-state index is 13.0. The first-order valence-electron chi connectivity index (χ1n) is 7.87. The van der Waals surface area contributed by atoms with Gasteiger partial charge in [-0.1, -0.05) is 17.7 Å². The third-order valence-corrected chi connectivity index (χ3v) is 6.36. The molecule has 1 amide bonds. The van der Waals surface area contributed by atoms with Crippen molar-refractivity contribution in [3.05, 3.63) is 28.8 Å². The highest BCUT2D eigenvalue weighted by atomic mass is 32.2. The van der Waals surface area contributed by atoms with Crippen molar-refractivity contribution in [1.29, 1.82) is 0 Å². The van der Waals surface area contributed by atoms with Crippen LogP contribution in [0.5, 0.6) is 0 Å². The molecule has 1 N–H and O–H groups in total. The number of benzene rings is 1.